The molecule has 2 heterocycles. The van der Waals surface area contributed by atoms with Crippen molar-refractivity contribution < 1.29 is 14.3 Å². The molecule has 22 heavy (non-hydrogen) atoms. The maximum Gasteiger partial charge on any atom is 0.251 e. The van der Waals surface area contributed by atoms with Crippen LogP contribution in [0.4, 0.5) is 0 Å². The van der Waals surface area contributed by atoms with Crippen LogP contribution in [0.5, 0.6) is 0 Å². The molecule has 1 aliphatic rings. The standard InChI is InChI=1S/C16H26N2O3S/c1-11-12(2)22-15(18(11)7-9-20-5)17-14(19)13-6-8-21-16(3,4)10-13/h13H,6-10H2,1-5H3. The summed E-state index contributed by atoms with van der Waals surface area (Å²) in [6.07, 6.45) is 1.49. The molecule has 0 aromatic carbocycles. The van der Waals surface area contributed by atoms with E-state index in [0.717, 1.165) is 29.9 Å². The molecule has 0 bridgehead atoms. The predicted molar refractivity (Wildman–Crippen MR) is 87.0 cm³/mol. The van der Waals surface area contributed by atoms with E-state index in [0.29, 0.717) is 13.2 Å². The topological polar surface area (TPSA) is 52.8 Å². The zero-order valence-electron chi connectivity index (χ0n) is 14.1. The Hall–Kier alpha value is -0.980. The molecule has 1 amide bonds. The van der Waals surface area contributed by atoms with Crippen LogP contribution in [0.2, 0.25) is 0 Å². The summed E-state index contributed by atoms with van der Waals surface area (Å²) in [6, 6.07) is 0. The summed E-state index contributed by atoms with van der Waals surface area (Å²) in [7, 11) is 1.68. The molecule has 0 N–H and O–H groups in total. The van der Waals surface area contributed by atoms with Crippen molar-refractivity contribution in [2.45, 2.75) is 52.7 Å². The van der Waals surface area contributed by atoms with Gasteiger partial charge < -0.3 is 14.0 Å². The molecule has 1 unspecified atom stereocenters. The number of amides is 1. The number of rotatable bonds is 4. The summed E-state index contributed by atoms with van der Waals surface area (Å²) in [5, 5.41) is 0. The van der Waals surface area contributed by atoms with Gasteiger partial charge in [0.25, 0.3) is 5.91 Å². The second-order valence-corrected chi connectivity index (χ2v) is 7.60. The average Bonchev–Trinajstić information content (AvgIpc) is 2.70. The second kappa shape index (κ2) is 7.06. The summed E-state index contributed by atoms with van der Waals surface area (Å²) in [5.74, 6) is -0.0638. The van der Waals surface area contributed by atoms with Crippen molar-refractivity contribution in [2.24, 2.45) is 10.9 Å². The van der Waals surface area contributed by atoms with Crippen molar-refractivity contribution in [1.82, 2.24) is 4.57 Å². The van der Waals surface area contributed by atoms with E-state index in [1.165, 1.54) is 4.88 Å². The van der Waals surface area contributed by atoms with Gasteiger partial charge in [-0.25, -0.2) is 0 Å². The molecule has 0 spiro atoms. The molecule has 6 heteroatoms. The van der Waals surface area contributed by atoms with Gasteiger partial charge in [-0.3, -0.25) is 4.79 Å². The molecule has 1 aliphatic heterocycles. The van der Waals surface area contributed by atoms with Crippen LogP contribution in [0.3, 0.4) is 0 Å². The summed E-state index contributed by atoms with van der Waals surface area (Å²) >= 11 is 1.57. The predicted octanol–water partition coefficient (Wildman–Crippen LogP) is 2.45. The highest BCUT2D eigenvalue weighted by Crippen LogP contribution is 2.29. The van der Waals surface area contributed by atoms with Crippen LogP contribution >= 0.6 is 11.3 Å². The zero-order chi connectivity index (χ0) is 16.3. The number of ether oxygens (including phenoxy) is 2. The van der Waals surface area contributed by atoms with Crippen molar-refractivity contribution in [3.8, 4) is 0 Å². The van der Waals surface area contributed by atoms with Crippen molar-refractivity contribution in [3.63, 3.8) is 0 Å². The molecule has 5 nitrogen and oxygen atoms in total. The van der Waals surface area contributed by atoms with E-state index >= 15 is 0 Å². The van der Waals surface area contributed by atoms with Crippen LogP contribution in [-0.4, -0.2) is 36.4 Å². The number of thiazole rings is 1. The Balaban J connectivity index is 2.24. The van der Waals surface area contributed by atoms with Crippen molar-refractivity contribution >= 4 is 17.2 Å². The Bertz CT molecular complexity index is 601. The molecule has 1 saturated heterocycles. The van der Waals surface area contributed by atoms with Gasteiger partial charge in [0.05, 0.1) is 12.2 Å². The highest BCUT2D eigenvalue weighted by Gasteiger charge is 2.32. The van der Waals surface area contributed by atoms with Crippen LogP contribution < -0.4 is 4.80 Å². The largest absolute Gasteiger partial charge is 0.383 e. The Morgan fingerprint density at radius 3 is 2.86 bits per heavy atom. The third-order valence-electron chi connectivity index (χ3n) is 4.16. The van der Waals surface area contributed by atoms with Gasteiger partial charge in [-0.2, -0.15) is 4.99 Å². The molecule has 124 valence electrons. The first-order chi connectivity index (χ1) is 10.3. The fraction of sp³-hybridized carbons (Fsp3) is 0.750. The van der Waals surface area contributed by atoms with Crippen molar-refractivity contribution in [2.75, 3.05) is 20.3 Å². The number of nitrogens with zero attached hydrogens (tertiary/aromatic N) is 2. The number of carbonyl (C=O) groups is 1. The lowest BCUT2D eigenvalue weighted by atomic mass is 9.88. The van der Waals surface area contributed by atoms with E-state index in [2.05, 4.69) is 23.4 Å². The molecule has 1 atom stereocenters. The van der Waals surface area contributed by atoms with E-state index in [-0.39, 0.29) is 17.4 Å². The van der Waals surface area contributed by atoms with E-state index in [4.69, 9.17) is 9.47 Å². The third kappa shape index (κ3) is 4.06. The lowest BCUT2D eigenvalue weighted by Crippen LogP contribution is -2.37. The molecular weight excluding hydrogens is 300 g/mol. The van der Waals surface area contributed by atoms with Crippen molar-refractivity contribution in [3.05, 3.63) is 15.4 Å². The number of aryl methyl sites for hydroxylation is 1. The molecule has 2 rings (SSSR count). The van der Waals surface area contributed by atoms with Crippen molar-refractivity contribution in [1.29, 1.82) is 0 Å². The number of hydrogen-bond acceptors (Lipinski definition) is 4. The minimum atomic E-state index is -0.235. The van der Waals surface area contributed by atoms with Gasteiger partial charge in [0, 0.05) is 36.8 Å². The summed E-state index contributed by atoms with van der Waals surface area (Å²) < 4.78 is 12.9. The average molecular weight is 326 g/mol. The van der Waals surface area contributed by atoms with Crippen LogP contribution in [0.1, 0.15) is 37.3 Å². The number of hydrogen-bond donors (Lipinski definition) is 0. The Labute approximate surface area is 136 Å². The van der Waals surface area contributed by atoms with Gasteiger partial charge in [0.2, 0.25) is 0 Å². The smallest absolute Gasteiger partial charge is 0.251 e. The monoisotopic (exact) mass is 326 g/mol. The molecule has 1 aromatic rings. The maximum atomic E-state index is 12.5. The first-order valence-corrected chi connectivity index (χ1v) is 8.54. The Morgan fingerprint density at radius 1 is 1.50 bits per heavy atom. The Kier molecular flexibility index (Phi) is 5.58. The zero-order valence-corrected chi connectivity index (χ0v) is 15.0. The molecular formula is C16H26N2O3S. The van der Waals surface area contributed by atoms with Gasteiger partial charge in [0.15, 0.2) is 4.80 Å². The van der Waals surface area contributed by atoms with E-state index in [1.807, 2.05) is 13.8 Å². The van der Waals surface area contributed by atoms with Crippen LogP contribution in [0.25, 0.3) is 0 Å². The lowest BCUT2D eigenvalue weighted by Gasteiger charge is -2.33. The Morgan fingerprint density at radius 2 is 2.23 bits per heavy atom. The highest BCUT2D eigenvalue weighted by atomic mass is 32.1. The first kappa shape index (κ1) is 17.4. The van der Waals surface area contributed by atoms with Gasteiger partial charge in [-0.1, -0.05) is 0 Å². The van der Waals surface area contributed by atoms with E-state index in [1.54, 1.807) is 18.4 Å². The van der Waals surface area contributed by atoms with Gasteiger partial charge in [-0.05, 0) is 40.5 Å². The second-order valence-electron chi connectivity index (χ2n) is 6.42. The SMILES string of the molecule is COCCn1c(C)c(C)sc1=NC(=O)C1CCOC(C)(C)C1. The molecule has 1 fully saturated rings. The molecule has 1 aromatic heterocycles. The normalized spacial score (nSPS) is 22.0. The molecule has 0 aliphatic carbocycles. The lowest BCUT2D eigenvalue weighted by molar-refractivity contribution is -0.132. The van der Waals surface area contributed by atoms with Gasteiger partial charge in [-0.15, -0.1) is 11.3 Å². The van der Waals surface area contributed by atoms with E-state index in [9.17, 15) is 4.79 Å². The number of methoxy groups -OCH3 is 1. The summed E-state index contributed by atoms with van der Waals surface area (Å²) in [4.78, 5) is 18.9. The van der Waals surface area contributed by atoms with Crippen LogP contribution in [-0.2, 0) is 20.8 Å². The minimum Gasteiger partial charge on any atom is -0.383 e. The molecule has 0 radical (unpaired) electrons. The number of aromatic nitrogens is 1. The summed E-state index contributed by atoms with van der Waals surface area (Å²) in [5.41, 5.74) is 0.919. The first-order valence-electron chi connectivity index (χ1n) is 7.72. The highest BCUT2D eigenvalue weighted by molar-refractivity contribution is 7.09. The molecule has 0 saturated carbocycles. The quantitative estimate of drug-likeness (QED) is 0.854. The minimum absolute atomic E-state index is 0.0243. The van der Waals surface area contributed by atoms with E-state index < -0.39 is 0 Å². The van der Waals surface area contributed by atoms with Crippen LogP contribution in [0.15, 0.2) is 4.99 Å². The third-order valence-corrected chi connectivity index (χ3v) is 5.26. The van der Waals surface area contributed by atoms with Crippen LogP contribution in [0, 0.1) is 19.8 Å². The van der Waals surface area contributed by atoms with Gasteiger partial charge in [0.1, 0.15) is 0 Å². The maximum absolute atomic E-state index is 12.5. The number of carbonyl (C=O) groups excluding carboxylic acids is 1. The van der Waals surface area contributed by atoms with Gasteiger partial charge >= 0.3 is 0 Å². The fourth-order valence-electron chi connectivity index (χ4n) is 2.76. The fourth-order valence-corrected chi connectivity index (χ4v) is 3.76. The summed E-state index contributed by atoms with van der Waals surface area (Å²) in [6.45, 7) is 10.1.